The summed E-state index contributed by atoms with van der Waals surface area (Å²) in [7, 11) is 1.39. The lowest BCUT2D eigenvalue weighted by atomic mass is 9.83. The Morgan fingerprint density at radius 3 is 2.33 bits per heavy atom. The molecule has 2 rings (SSSR count). The van der Waals surface area contributed by atoms with Gasteiger partial charge in [-0.15, -0.1) is 0 Å². The van der Waals surface area contributed by atoms with Crippen LogP contribution >= 0.6 is 0 Å². The van der Waals surface area contributed by atoms with E-state index < -0.39 is 0 Å². The predicted octanol–water partition coefficient (Wildman–Crippen LogP) is 5.52. The van der Waals surface area contributed by atoms with E-state index >= 15 is 0 Å². The highest BCUT2D eigenvalue weighted by atomic mass is 16.5. The Kier molecular flexibility index (Phi) is 5.33. The van der Waals surface area contributed by atoms with Gasteiger partial charge in [0.1, 0.15) is 17.1 Å². The molecule has 1 aromatic carbocycles. The van der Waals surface area contributed by atoms with E-state index in [9.17, 15) is 4.79 Å². The summed E-state index contributed by atoms with van der Waals surface area (Å²) >= 11 is 0. The molecule has 3 nitrogen and oxygen atoms in total. The average molecular weight is 326 g/mol. The molecular weight excluding hydrogens is 300 g/mol. The van der Waals surface area contributed by atoms with Gasteiger partial charge in [0.25, 0.3) is 0 Å². The summed E-state index contributed by atoms with van der Waals surface area (Å²) in [6.07, 6.45) is 2.77. The minimum absolute atomic E-state index is 0.124. The fourth-order valence-corrected chi connectivity index (χ4v) is 2.59. The second-order valence-electron chi connectivity index (χ2n) is 7.01. The van der Waals surface area contributed by atoms with Gasteiger partial charge >= 0.3 is 5.97 Å². The molecule has 0 fully saturated rings. The van der Waals surface area contributed by atoms with Crippen molar-refractivity contribution in [2.24, 2.45) is 5.41 Å². The maximum Gasteiger partial charge on any atom is 0.341 e. The number of benzene rings is 1. The third kappa shape index (κ3) is 3.97. The number of hydrogen-bond donors (Lipinski definition) is 0. The van der Waals surface area contributed by atoms with Gasteiger partial charge in [-0.05, 0) is 30.0 Å². The van der Waals surface area contributed by atoms with Crippen molar-refractivity contribution < 1.29 is 13.9 Å². The van der Waals surface area contributed by atoms with Crippen LogP contribution in [0.15, 0.2) is 34.7 Å². The molecule has 0 aliphatic rings. The largest absolute Gasteiger partial charge is 0.465 e. The Morgan fingerprint density at radius 2 is 1.83 bits per heavy atom. The SMILES string of the molecule is CCc1oc(/C(=C\c2ccc(C)cc2)C(C)(C)C)cc1C(=O)OC. The van der Waals surface area contributed by atoms with E-state index in [0.717, 1.165) is 16.9 Å². The standard InChI is InChI=1S/C21H26O3/c1-7-18-16(20(22)23-6)13-19(24-18)17(21(3,4)5)12-15-10-8-14(2)9-11-15/h8-13H,7H2,1-6H3/b17-12+. The number of furan rings is 1. The van der Waals surface area contributed by atoms with Crippen LogP contribution in [0.2, 0.25) is 0 Å². The summed E-state index contributed by atoms with van der Waals surface area (Å²) < 4.78 is 10.9. The zero-order valence-corrected chi connectivity index (χ0v) is 15.4. The fourth-order valence-electron chi connectivity index (χ4n) is 2.59. The first-order valence-electron chi connectivity index (χ1n) is 8.26. The fraction of sp³-hybridized carbons (Fsp3) is 0.381. The van der Waals surface area contributed by atoms with Crippen LogP contribution in [0.4, 0.5) is 0 Å². The van der Waals surface area contributed by atoms with Crippen LogP contribution in [-0.4, -0.2) is 13.1 Å². The molecule has 1 heterocycles. The normalized spacial score (nSPS) is 12.3. The zero-order chi connectivity index (χ0) is 17.9. The Hall–Kier alpha value is -2.29. The number of ether oxygens (including phenoxy) is 1. The van der Waals surface area contributed by atoms with Crippen LogP contribution in [0.5, 0.6) is 0 Å². The van der Waals surface area contributed by atoms with Gasteiger partial charge < -0.3 is 9.15 Å². The molecule has 0 spiro atoms. The van der Waals surface area contributed by atoms with E-state index in [-0.39, 0.29) is 11.4 Å². The van der Waals surface area contributed by atoms with E-state index in [2.05, 4.69) is 58.0 Å². The lowest BCUT2D eigenvalue weighted by Crippen LogP contribution is -2.08. The molecule has 0 unspecified atom stereocenters. The molecule has 0 N–H and O–H groups in total. The number of carbonyl (C=O) groups excluding carboxylic acids is 1. The van der Waals surface area contributed by atoms with Crippen molar-refractivity contribution in [2.45, 2.75) is 41.0 Å². The Morgan fingerprint density at radius 1 is 1.21 bits per heavy atom. The molecule has 0 aliphatic carbocycles. The molecule has 1 aromatic heterocycles. The maximum atomic E-state index is 12.0. The van der Waals surface area contributed by atoms with Gasteiger partial charge in [-0.3, -0.25) is 0 Å². The summed E-state index contributed by atoms with van der Waals surface area (Å²) in [5.74, 6) is 1.03. The number of aryl methyl sites for hydroxylation is 2. The quantitative estimate of drug-likeness (QED) is 0.694. The highest BCUT2D eigenvalue weighted by molar-refractivity contribution is 5.92. The first kappa shape index (κ1) is 18.1. The predicted molar refractivity (Wildman–Crippen MR) is 97.9 cm³/mol. The van der Waals surface area contributed by atoms with E-state index in [4.69, 9.17) is 9.15 Å². The van der Waals surface area contributed by atoms with Crippen LogP contribution in [0.3, 0.4) is 0 Å². The van der Waals surface area contributed by atoms with Gasteiger partial charge in [0.2, 0.25) is 0 Å². The van der Waals surface area contributed by atoms with Gasteiger partial charge in [-0.2, -0.15) is 0 Å². The number of methoxy groups -OCH3 is 1. The monoisotopic (exact) mass is 326 g/mol. The van der Waals surface area contributed by atoms with Crippen molar-refractivity contribution in [3.63, 3.8) is 0 Å². The summed E-state index contributed by atoms with van der Waals surface area (Å²) in [5.41, 5.74) is 3.77. The van der Waals surface area contributed by atoms with Crippen LogP contribution < -0.4 is 0 Å². The van der Waals surface area contributed by atoms with Crippen LogP contribution in [0, 0.1) is 12.3 Å². The number of esters is 1. The van der Waals surface area contributed by atoms with Gasteiger partial charge in [0.15, 0.2) is 0 Å². The molecule has 2 aromatic rings. The third-order valence-corrected chi connectivity index (χ3v) is 4.00. The highest BCUT2D eigenvalue weighted by Crippen LogP contribution is 2.37. The maximum absolute atomic E-state index is 12.0. The van der Waals surface area contributed by atoms with E-state index in [1.54, 1.807) is 6.07 Å². The number of carbonyl (C=O) groups is 1. The molecule has 0 amide bonds. The first-order valence-corrected chi connectivity index (χ1v) is 8.26. The lowest BCUT2D eigenvalue weighted by Gasteiger charge is -2.21. The van der Waals surface area contributed by atoms with E-state index in [1.807, 2.05) is 6.92 Å². The van der Waals surface area contributed by atoms with Crippen LogP contribution in [-0.2, 0) is 11.2 Å². The van der Waals surface area contributed by atoms with Crippen molar-refractivity contribution in [3.05, 3.63) is 58.5 Å². The van der Waals surface area contributed by atoms with Crippen LogP contribution in [0.1, 0.15) is 60.7 Å². The first-order chi connectivity index (χ1) is 11.3. The summed E-state index contributed by atoms with van der Waals surface area (Å²) in [4.78, 5) is 12.0. The Balaban J connectivity index is 2.55. The molecule has 0 saturated heterocycles. The molecule has 128 valence electrons. The van der Waals surface area contributed by atoms with E-state index in [1.165, 1.54) is 12.7 Å². The molecule has 0 aliphatic heterocycles. The molecular formula is C21H26O3. The van der Waals surface area contributed by atoms with Crippen molar-refractivity contribution in [1.82, 2.24) is 0 Å². The lowest BCUT2D eigenvalue weighted by molar-refractivity contribution is 0.0598. The van der Waals surface area contributed by atoms with Crippen molar-refractivity contribution in [3.8, 4) is 0 Å². The summed E-state index contributed by atoms with van der Waals surface area (Å²) in [6.45, 7) is 10.5. The van der Waals surface area contributed by atoms with Gasteiger partial charge in [-0.25, -0.2) is 4.79 Å². The van der Waals surface area contributed by atoms with E-state index in [0.29, 0.717) is 17.7 Å². The van der Waals surface area contributed by atoms with Gasteiger partial charge in [-0.1, -0.05) is 57.5 Å². The minimum Gasteiger partial charge on any atom is -0.465 e. The summed E-state index contributed by atoms with van der Waals surface area (Å²) in [6, 6.07) is 10.2. The van der Waals surface area contributed by atoms with Gasteiger partial charge in [0, 0.05) is 12.0 Å². The van der Waals surface area contributed by atoms with Crippen molar-refractivity contribution in [1.29, 1.82) is 0 Å². The Labute approximate surface area is 144 Å². The average Bonchev–Trinajstić information content (AvgIpc) is 2.96. The molecule has 0 bridgehead atoms. The van der Waals surface area contributed by atoms with Crippen molar-refractivity contribution >= 4 is 17.6 Å². The summed E-state index contributed by atoms with van der Waals surface area (Å²) in [5, 5.41) is 0. The Bertz CT molecular complexity index is 740. The molecule has 0 saturated carbocycles. The zero-order valence-electron chi connectivity index (χ0n) is 15.4. The number of hydrogen-bond acceptors (Lipinski definition) is 3. The molecule has 0 radical (unpaired) electrons. The van der Waals surface area contributed by atoms with Crippen LogP contribution in [0.25, 0.3) is 11.6 Å². The molecule has 24 heavy (non-hydrogen) atoms. The molecule has 3 heteroatoms. The topological polar surface area (TPSA) is 39.4 Å². The van der Waals surface area contributed by atoms with Crippen molar-refractivity contribution in [2.75, 3.05) is 7.11 Å². The van der Waals surface area contributed by atoms with Gasteiger partial charge in [0.05, 0.1) is 7.11 Å². The minimum atomic E-state index is -0.356. The highest BCUT2D eigenvalue weighted by Gasteiger charge is 2.25. The smallest absolute Gasteiger partial charge is 0.341 e. The third-order valence-electron chi connectivity index (χ3n) is 4.00. The second kappa shape index (κ2) is 7.08. The number of rotatable bonds is 4. The number of allylic oxidation sites excluding steroid dienone is 1. The molecule has 0 atom stereocenters. The second-order valence-corrected chi connectivity index (χ2v) is 7.01.